The number of rotatable bonds is 8. The van der Waals surface area contributed by atoms with E-state index >= 15 is 0 Å². The first kappa shape index (κ1) is 24.7. The van der Waals surface area contributed by atoms with Crippen LogP contribution < -0.4 is 10.8 Å². The molecule has 1 atom stereocenters. The SMILES string of the molecule is Bc1cnn2c(NCc3cccnc3)cc(C3CCN(C(=C)C(c4ccccc4)C4CCCC4)CC3)nc12. The maximum absolute atomic E-state index is 5.10. The number of aromatic nitrogens is 4. The zero-order valence-electron chi connectivity index (χ0n) is 22.4. The summed E-state index contributed by atoms with van der Waals surface area (Å²) >= 11 is 0. The van der Waals surface area contributed by atoms with E-state index in [9.17, 15) is 0 Å². The van der Waals surface area contributed by atoms with Gasteiger partial charge in [0.15, 0.2) is 5.65 Å². The van der Waals surface area contributed by atoms with Crippen molar-refractivity contribution < 1.29 is 0 Å². The van der Waals surface area contributed by atoms with Gasteiger partial charge in [-0.2, -0.15) is 9.61 Å². The van der Waals surface area contributed by atoms with E-state index in [1.165, 1.54) is 36.9 Å². The highest BCUT2D eigenvalue weighted by atomic mass is 15.3. The number of benzene rings is 1. The minimum atomic E-state index is 0.430. The van der Waals surface area contributed by atoms with Crippen molar-refractivity contribution in [2.75, 3.05) is 18.4 Å². The third kappa shape index (κ3) is 5.07. The van der Waals surface area contributed by atoms with E-state index in [0.717, 1.165) is 54.1 Å². The molecule has 1 unspecified atom stereocenters. The number of nitrogens with one attached hydrogen (secondary N) is 1. The van der Waals surface area contributed by atoms with E-state index < -0.39 is 0 Å². The highest BCUT2D eigenvalue weighted by Gasteiger charge is 2.32. The Labute approximate surface area is 226 Å². The molecular weight excluding hydrogens is 467 g/mol. The lowest BCUT2D eigenvalue weighted by atomic mass is 9.81. The van der Waals surface area contributed by atoms with Crippen LogP contribution in [0.4, 0.5) is 5.82 Å². The quantitative estimate of drug-likeness (QED) is 0.354. The van der Waals surface area contributed by atoms with Crippen LogP contribution in [0.25, 0.3) is 5.65 Å². The van der Waals surface area contributed by atoms with Gasteiger partial charge in [-0.3, -0.25) is 4.98 Å². The second kappa shape index (κ2) is 11.0. The summed E-state index contributed by atoms with van der Waals surface area (Å²) in [5.74, 6) is 2.56. The molecule has 6 nitrogen and oxygen atoms in total. The predicted molar refractivity (Wildman–Crippen MR) is 157 cm³/mol. The molecule has 7 heteroatoms. The van der Waals surface area contributed by atoms with Gasteiger partial charge < -0.3 is 10.2 Å². The summed E-state index contributed by atoms with van der Waals surface area (Å²) in [4.78, 5) is 11.9. The largest absolute Gasteiger partial charge is 0.375 e. The van der Waals surface area contributed by atoms with Gasteiger partial charge in [0.2, 0.25) is 0 Å². The molecule has 2 fully saturated rings. The van der Waals surface area contributed by atoms with E-state index in [1.54, 1.807) is 6.20 Å². The summed E-state index contributed by atoms with van der Waals surface area (Å²) in [7, 11) is 2.09. The van der Waals surface area contributed by atoms with Gasteiger partial charge in [-0.15, -0.1) is 0 Å². The lowest BCUT2D eigenvalue weighted by Crippen LogP contribution is -2.35. The molecule has 0 radical (unpaired) electrons. The molecule has 1 N–H and O–H groups in total. The number of nitrogens with zero attached hydrogens (tertiary/aromatic N) is 5. The molecule has 1 aromatic carbocycles. The number of allylic oxidation sites excluding steroid dienone is 1. The van der Waals surface area contributed by atoms with Crippen molar-refractivity contribution in [1.82, 2.24) is 24.5 Å². The number of hydrogen-bond acceptors (Lipinski definition) is 5. The van der Waals surface area contributed by atoms with Gasteiger partial charge in [0.1, 0.15) is 13.7 Å². The smallest absolute Gasteiger partial charge is 0.151 e. The van der Waals surface area contributed by atoms with Gasteiger partial charge in [-0.25, -0.2) is 4.98 Å². The van der Waals surface area contributed by atoms with E-state index in [2.05, 4.69) is 70.6 Å². The number of anilines is 1. The molecule has 194 valence electrons. The van der Waals surface area contributed by atoms with Crippen molar-refractivity contribution in [1.29, 1.82) is 0 Å². The van der Waals surface area contributed by atoms with Gasteiger partial charge in [-0.1, -0.05) is 55.8 Å². The molecule has 1 aliphatic heterocycles. The second-order valence-electron chi connectivity index (χ2n) is 11.0. The summed E-state index contributed by atoms with van der Waals surface area (Å²) in [5.41, 5.74) is 7.09. The summed E-state index contributed by atoms with van der Waals surface area (Å²) < 4.78 is 1.93. The van der Waals surface area contributed by atoms with Crippen LogP contribution in [0.15, 0.2) is 79.4 Å². The Balaban J connectivity index is 1.19. The van der Waals surface area contributed by atoms with Crippen LogP contribution in [-0.4, -0.2) is 45.4 Å². The normalized spacial score (nSPS) is 17.6. The zero-order valence-corrected chi connectivity index (χ0v) is 22.4. The van der Waals surface area contributed by atoms with Crippen LogP contribution in [0, 0.1) is 5.92 Å². The van der Waals surface area contributed by atoms with Gasteiger partial charge in [0.25, 0.3) is 0 Å². The van der Waals surface area contributed by atoms with Crippen LogP contribution >= 0.6 is 0 Å². The molecule has 4 aromatic rings. The van der Waals surface area contributed by atoms with Crippen molar-refractivity contribution in [2.24, 2.45) is 5.92 Å². The third-order valence-electron chi connectivity index (χ3n) is 8.57. The number of pyridine rings is 1. The summed E-state index contributed by atoms with van der Waals surface area (Å²) in [6.45, 7) is 7.46. The molecule has 0 bridgehead atoms. The maximum atomic E-state index is 5.10. The average Bonchev–Trinajstić information content (AvgIpc) is 3.63. The third-order valence-corrected chi connectivity index (χ3v) is 8.57. The second-order valence-corrected chi connectivity index (χ2v) is 11.0. The lowest BCUT2D eigenvalue weighted by Gasteiger charge is -2.39. The minimum absolute atomic E-state index is 0.430. The first-order valence-corrected chi connectivity index (χ1v) is 14.1. The van der Waals surface area contributed by atoms with Crippen molar-refractivity contribution in [3.05, 3.63) is 96.2 Å². The van der Waals surface area contributed by atoms with E-state index in [0.29, 0.717) is 24.3 Å². The molecular formula is C31H37BN6. The highest BCUT2D eigenvalue weighted by molar-refractivity contribution is 6.36. The van der Waals surface area contributed by atoms with Crippen LogP contribution in [0.5, 0.6) is 0 Å². The molecule has 4 heterocycles. The Morgan fingerprint density at radius 1 is 1.03 bits per heavy atom. The Morgan fingerprint density at radius 3 is 2.55 bits per heavy atom. The molecule has 2 aliphatic rings. The Hall–Kier alpha value is -3.61. The topological polar surface area (TPSA) is 58.4 Å². The molecule has 0 spiro atoms. The van der Waals surface area contributed by atoms with Crippen molar-refractivity contribution in [3.8, 4) is 0 Å². The molecule has 3 aromatic heterocycles. The van der Waals surface area contributed by atoms with Gasteiger partial charge >= 0.3 is 0 Å². The predicted octanol–water partition coefficient (Wildman–Crippen LogP) is 4.66. The fraction of sp³-hybridized carbons (Fsp3) is 0.387. The summed E-state index contributed by atoms with van der Waals surface area (Å²) in [5, 5.41) is 8.18. The average molecular weight is 504 g/mol. The molecule has 1 saturated heterocycles. The van der Waals surface area contributed by atoms with Crippen LogP contribution in [0.1, 0.15) is 67.2 Å². The fourth-order valence-electron chi connectivity index (χ4n) is 6.47. The van der Waals surface area contributed by atoms with Crippen molar-refractivity contribution >= 4 is 24.8 Å². The number of piperidine rings is 1. The molecule has 1 aliphatic carbocycles. The summed E-state index contributed by atoms with van der Waals surface area (Å²) in [6, 6.07) is 17.3. The van der Waals surface area contributed by atoms with Crippen LogP contribution in [0.3, 0.4) is 0 Å². The zero-order chi connectivity index (χ0) is 25.9. The number of hydrogen-bond donors (Lipinski definition) is 1. The van der Waals surface area contributed by atoms with Crippen molar-refractivity contribution in [2.45, 2.75) is 56.9 Å². The monoisotopic (exact) mass is 504 g/mol. The van der Waals surface area contributed by atoms with Gasteiger partial charge in [-0.05, 0) is 54.3 Å². The standard InChI is InChI=1S/C31H37BN6/c1-22(30(26-11-5-6-12-26)25-9-3-2-4-10-25)37-16-13-24(14-17-37)28-18-29(34-20-23-8-7-15-33-19-23)38-31(36-28)27(32)21-35-38/h2-4,7-10,15,18-19,21,24,26,30,34H,1,5-6,11-14,16-17,20,32H2. The van der Waals surface area contributed by atoms with Crippen LogP contribution in [0.2, 0.25) is 0 Å². The van der Waals surface area contributed by atoms with E-state index in [1.807, 2.05) is 23.0 Å². The minimum Gasteiger partial charge on any atom is -0.375 e. The Bertz CT molecular complexity index is 1370. The number of likely N-dealkylation sites (tertiary alicyclic amines) is 1. The molecule has 0 amide bonds. The maximum Gasteiger partial charge on any atom is 0.151 e. The Kier molecular flexibility index (Phi) is 7.17. The summed E-state index contributed by atoms with van der Waals surface area (Å²) in [6.07, 6.45) is 13.1. The van der Waals surface area contributed by atoms with E-state index in [-0.39, 0.29) is 0 Å². The van der Waals surface area contributed by atoms with Gasteiger partial charge in [0, 0.05) is 67.5 Å². The van der Waals surface area contributed by atoms with E-state index in [4.69, 9.17) is 11.6 Å². The van der Waals surface area contributed by atoms with Crippen LogP contribution in [-0.2, 0) is 6.54 Å². The Morgan fingerprint density at radius 2 is 1.82 bits per heavy atom. The van der Waals surface area contributed by atoms with Crippen molar-refractivity contribution in [3.63, 3.8) is 0 Å². The first-order chi connectivity index (χ1) is 18.7. The lowest BCUT2D eigenvalue weighted by molar-refractivity contribution is 0.235. The molecule has 38 heavy (non-hydrogen) atoms. The molecule has 6 rings (SSSR count). The fourth-order valence-corrected chi connectivity index (χ4v) is 6.47. The highest BCUT2D eigenvalue weighted by Crippen LogP contribution is 2.43. The molecule has 1 saturated carbocycles. The van der Waals surface area contributed by atoms with Gasteiger partial charge in [0.05, 0.1) is 0 Å². The number of fused-ring (bicyclic) bond motifs is 1. The first-order valence-electron chi connectivity index (χ1n) is 14.1.